The second-order valence-corrected chi connectivity index (χ2v) is 7.21. The number of H-pyrrole nitrogens is 1. The Bertz CT molecular complexity index is 907. The van der Waals surface area contributed by atoms with Gasteiger partial charge < -0.3 is 24.8 Å². The van der Waals surface area contributed by atoms with Crippen molar-refractivity contribution < 1.29 is 19.1 Å². The van der Waals surface area contributed by atoms with E-state index in [-0.39, 0.29) is 31.1 Å². The van der Waals surface area contributed by atoms with E-state index in [1.54, 1.807) is 30.5 Å². The molecule has 1 saturated carbocycles. The normalized spacial score (nSPS) is 19.7. The van der Waals surface area contributed by atoms with Crippen LogP contribution < -0.4 is 5.32 Å². The van der Waals surface area contributed by atoms with E-state index >= 15 is 0 Å². The molecule has 1 unspecified atom stereocenters. The first kappa shape index (κ1) is 18.4. The van der Waals surface area contributed by atoms with Gasteiger partial charge in [-0.25, -0.2) is 4.98 Å². The summed E-state index contributed by atoms with van der Waals surface area (Å²) in [6.07, 6.45) is 3.40. The minimum absolute atomic E-state index is 0.128. The molecule has 4 rings (SSSR count). The molecular weight excluding hydrogens is 362 g/mol. The highest BCUT2D eigenvalue weighted by atomic mass is 16.5. The number of aromatic amines is 1. The van der Waals surface area contributed by atoms with Gasteiger partial charge in [0, 0.05) is 32.8 Å². The summed E-state index contributed by atoms with van der Waals surface area (Å²) in [6.45, 7) is 1.17. The molecule has 1 aromatic carbocycles. The molecule has 2 heterocycles. The van der Waals surface area contributed by atoms with Crippen molar-refractivity contribution in [1.29, 1.82) is 0 Å². The molecular formula is C19H23N5O4. The number of nitrogens with one attached hydrogen (secondary N) is 2. The molecule has 1 atom stereocenters. The smallest absolute Gasteiger partial charge is 0.312 e. The molecule has 28 heavy (non-hydrogen) atoms. The van der Waals surface area contributed by atoms with Crippen LogP contribution in [0.15, 0.2) is 24.5 Å². The van der Waals surface area contributed by atoms with Crippen LogP contribution in [0.1, 0.15) is 23.2 Å². The van der Waals surface area contributed by atoms with Crippen LogP contribution in [0.25, 0.3) is 11.0 Å². The van der Waals surface area contributed by atoms with Crippen molar-refractivity contribution in [3.8, 4) is 0 Å². The number of methoxy groups -OCH3 is 1. The van der Waals surface area contributed by atoms with E-state index in [2.05, 4.69) is 15.3 Å². The second-order valence-electron chi connectivity index (χ2n) is 7.21. The molecule has 0 spiro atoms. The van der Waals surface area contributed by atoms with Crippen molar-refractivity contribution in [2.45, 2.75) is 24.9 Å². The molecule has 1 aromatic heterocycles. The van der Waals surface area contributed by atoms with Crippen LogP contribution in [0.3, 0.4) is 0 Å². The Balaban J connectivity index is 1.50. The number of carbonyl (C=O) groups is 3. The van der Waals surface area contributed by atoms with Crippen molar-refractivity contribution in [3.05, 3.63) is 30.1 Å². The molecule has 3 amide bonds. The van der Waals surface area contributed by atoms with Gasteiger partial charge in [-0.15, -0.1) is 0 Å². The first-order valence-corrected chi connectivity index (χ1v) is 9.40. The van der Waals surface area contributed by atoms with Crippen LogP contribution in [0.4, 0.5) is 0 Å². The SMILES string of the molecule is COCC1CN(C(=O)C(=O)NC2CC2)CCN1C(=O)c1cccc2[nH]cnc12. The number of nitrogens with zero attached hydrogens (tertiary/aromatic N) is 3. The topological polar surface area (TPSA) is 108 Å². The lowest BCUT2D eigenvalue weighted by atomic mass is 10.1. The predicted octanol–water partition coefficient (Wildman–Crippen LogP) is 0.141. The Hall–Kier alpha value is -2.94. The Labute approximate surface area is 162 Å². The van der Waals surface area contributed by atoms with E-state index in [1.807, 2.05) is 6.07 Å². The van der Waals surface area contributed by atoms with Gasteiger partial charge in [-0.2, -0.15) is 0 Å². The zero-order valence-electron chi connectivity index (χ0n) is 15.7. The zero-order chi connectivity index (χ0) is 19.7. The monoisotopic (exact) mass is 385 g/mol. The van der Waals surface area contributed by atoms with Crippen LogP contribution in [-0.4, -0.2) is 82.9 Å². The molecule has 2 aromatic rings. The molecule has 148 valence electrons. The van der Waals surface area contributed by atoms with E-state index in [9.17, 15) is 14.4 Å². The summed E-state index contributed by atoms with van der Waals surface area (Å²) in [5.74, 6) is -1.27. The van der Waals surface area contributed by atoms with Crippen molar-refractivity contribution in [1.82, 2.24) is 25.1 Å². The van der Waals surface area contributed by atoms with E-state index in [1.165, 1.54) is 4.90 Å². The van der Waals surface area contributed by atoms with Crippen molar-refractivity contribution in [2.24, 2.45) is 0 Å². The van der Waals surface area contributed by atoms with Gasteiger partial charge >= 0.3 is 11.8 Å². The largest absolute Gasteiger partial charge is 0.382 e. The molecule has 2 aliphatic rings. The standard InChI is InChI=1S/C19H23N5O4/c1-28-10-13-9-23(19(27)17(25)22-12-5-6-12)7-8-24(13)18(26)14-3-2-4-15-16(14)21-11-20-15/h2-4,11-13H,5-10H2,1H3,(H,20,21)(H,22,25). The number of rotatable bonds is 4. The Kier molecular flexibility index (Phi) is 4.99. The number of carbonyl (C=O) groups excluding carboxylic acids is 3. The Morgan fingerprint density at radius 1 is 1.29 bits per heavy atom. The quantitative estimate of drug-likeness (QED) is 0.728. The number of piperazine rings is 1. The van der Waals surface area contributed by atoms with Gasteiger partial charge in [0.25, 0.3) is 5.91 Å². The summed E-state index contributed by atoms with van der Waals surface area (Å²) in [5.41, 5.74) is 1.91. The molecule has 2 fully saturated rings. The predicted molar refractivity (Wildman–Crippen MR) is 101 cm³/mol. The van der Waals surface area contributed by atoms with Gasteiger partial charge in [-0.05, 0) is 25.0 Å². The maximum absolute atomic E-state index is 13.2. The minimum Gasteiger partial charge on any atom is -0.382 e. The fraction of sp³-hybridized carbons (Fsp3) is 0.474. The maximum atomic E-state index is 13.2. The highest BCUT2D eigenvalue weighted by molar-refractivity contribution is 6.35. The molecule has 0 radical (unpaired) electrons. The summed E-state index contributed by atoms with van der Waals surface area (Å²) in [6, 6.07) is 5.21. The summed E-state index contributed by atoms with van der Waals surface area (Å²) in [4.78, 5) is 48.2. The van der Waals surface area contributed by atoms with E-state index in [0.29, 0.717) is 24.2 Å². The third-order valence-corrected chi connectivity index (χ3v) is 5.18. The Morgan fingerprint density at radius 2 is 2.11 bits per heavy atom. The number of fused-ring (bicyclic) bond motifs is 1. The molecule has 0 bridgehead atoms. The van der Waals surface area contributed by atoms with Gasteiger partial charge in [0.1, 0.15) is 5.52 Å². The number of ether oxygens (including phenoxy) is 1. The van der Waals surface area contributed by atoms with Gasteiger partial charge in [0.2, 0.25) is 0 Å². The van der Waals surface area contributed by atoms with Crippen molar-refractivity contribution >= 4 is 28.8 Å². The first-order chi connectivity index (χ1) is 13.6. The lowest BCUT2D eigenvalue weighted by Crippen LogP contribution is -2.60. The number of aromatic nitrogens is 2. The minimum atomic E-state index is -0.570. The number of imidazole rings is 1. The maximum Gasteiger partial charge on any atom is 0.312 e. The molecule has 9 nitrogen and oxygen atoms in total. The highest BCUT2D eigenvalue weighted by Crippen LogP contribution is 2.21. The zero-order valence-corrected chi connectivity index (χ0v) is 15.7. The van der Waals surface area contributed by atoms with Gasteiger partial charge in [0.15, 0.2) is 0 Å². The van der Waals surface area contributed by atoms with E-state index in [4.69, 9.17) is 4.74 Å². The van der Waals surface area contributed by atoms with Gasteiger partial charge in [-0.1, -0.05) is 6.07 Å². The highest BCUT2D eigenvalue weighted by Gasteiger charge is 2.36. The van der Waals surface area contributed by atoms with Gasteiger partial charge in [0.05, 0.1) is 30.1 Å². The third kappa shape index (κ3) is 3.57. The van der Waals surface area contributed by atoms with Crippen molar-refractivity contribution in [2.75, 3.05) is 33.4 Å². The molecule has 2 N–H and O–H groups in total. The van der Waals surface area contributed by atoms with E-state index < -0.39 is 11.8 Å². The Morgan fingerprint density at radius 3 is 2.86 bits per heavy atom. The number of hydrogen-bond acceptors (Lipinski definition) is 5. The number of amides is 3. The van der Waals surface area contributed by atoms with Crippen LogP contribution in [0, 0.1) is 0 Å². The summed E-state index contributed by atoms with van der Waals surface area (Å²) < 4.78 is 5.28. The number of benzene rings is 1. The van der Waals surface area contributed by atoms with Crippen LogP contribution in [-0.2, 0) is 14.3 Å². The fourth-order valence-electron chi connectivity index (χ4n) is 3.55. The lowest BCUT2D eigenvalue weighted by molar-refractivity contribution is -0.147. The fourth-order valence-corrected chi connectivity index (χ4v) is 3.55. The van der Waals surface area contributed by atoms with Gasteiger partial charge in [-0.3, -0.25) is 14.4 Å². The number of hydrogen-bond donors (Lipinski definition) is 2. The molecule has 1 aliphatic carbocycles. The first-order valence-electron chi connectivity index (χ1n) is 9.40. The third-order valence-electron chi connectivity index (χ3n) is 5.18. The van der Waals surface area contributed by atoms with Crippen LogP contribution in [0.2, 0.25) is 0 Å². The number of para-hydroxylation sites is 1. The second kappa shape index (κ2) is 7.59. The van der Waals surface area contributed by atoms with Crippen molar-refractivity contribution in [3.63, 3.8) is 0 Å². The van der Waals surface area contributed by atoms with Crippen LogP contribution >= 0.6 is 0 Å². The summed E-state index contributed by atoms with van der Waals surface area (Å²) >= 11 is 0. The summed E-state index contributed by atoms with van der Waals surface area (Å²) in [7, 11) is 1.55. The van der Waals surface area contributed by atoms with Crippen LogP contribution in [0.5, 0.6) is 0 Å². The average molecular weight is 385 g/mol. The average Bonchev–Trinajstić information content (AvgIpc) is 3.38. The molecule has 1 saturated heterocycles. The molecule has 1 aliphatic heterocycles. The van der Waals surface area contributed by atoms with E-state index in [0.717, 1.165) is 18.4 Å². The molecule has 9 heteroatoms. The lowest BCUT2D eigenvalue weighted by Gasteiger charge is -2.41. The summed E-state index contributed by atoms with van der Waals surface area (Å²) in [5, 5.41) is 2.72.